The number of benzene rings is 1. The first-order chi connectivity index (χ1) is 11.7. The molecule has 2 aromatic rings. The average molecular weight is 368 g/mol. The highest BCUT2D eigenvalue weighted by Gasteiger charge is 2.35. The van der Waals surface area contributed by atoms with Gasteiger partial charge in [0.2, 0.25) is 0 Å². The number of anilines is 1. The summed E-state index contributed by atoms with van der Waals surface area (Å²) in [6.45, 7) is 7.53. The summed E-state index contributed by atoms with van der Waals surface area (Å²) < 4.78 is 40.9. The summed E-state index contributed by atoms with van der Waals surface area (Å²) in [6, 6.07) is 4.63. The maximum atomic E-state index is 13.6. The molecule has 1 fully saturated rings. The zero-order chi connectivity index (χ0) is 18.2. The molecule has 1 saturated heterocycles. The van der Waals surface area contributed by atoms with Crippen molar-refractivity contribution in [2.45, 2.75) is 51.6 Å². The Hall–Kier alpha value is -1.56. The lowest BCUT2D eigenvalue weighted by Crippen LogP contribution is -2.31. The summed E-state index contributed by atoms with van der Waals surface area (Å²) in [5.41, 5.74) is 0.772. The number of hydrogen-bond donors (Lipinski definition) is 0. The van der Waals surface area contributed by atoms with Gasteiger partial charge in [-0.05, 0) is 31.4 Å². The minimum atomic E-state index is -4.37. The number of nitrogens with zero attached hydrogens (tertiary/aromatic N) is 2. The lowest BCUT2D eigenvalue weighted by molar-refractivity contribution is -0.137. The fraction of sp³-hybridized carbons (Fsp3) is 0.526. The summed E-state index contributed by atoms with van der Waals surface area (Å²) in [5.74, 6) is 0. The van der Waals surface area contributed by atoms with Crippen molar-refractivity contribution in [2.24, 2.45) is 0 Å². The van der Waals surface area contributed by atoms with Crippen LogP contribution in [0, 0.1) is 0 Å². The topological polar surface area (TPSA) is 16.1 Å². The molecule has 1 aliphatic heterocycles. The van der Waals surface area contributed by atoms with Crippen molar-refractivity contribution in [2.75, 3.05) is 18.0 Å². The molecule has 1 aromatic carbocycles. The molecule has 6 heteroatoms. The van der Waals surface area contributed by atoms with Crippen LogP contribution in [0.1, 0.15) is 50.6 Å². The van der Waals surface area contributed by atoms with E-state index in [2.05, 4.69) is 25.8 Å². The third-order valence-corrected chi connectivity index (χ3v) is 5.71. The van der Waals surface area contributed by atoms with Crippen LogP contribution in [0.3, 0.4) is 0 Å². The molecule has 2 heterocycles. The van der Waals surface area contributed by atoms with Gasteiger partial charge in [0.1, 0.15) is 0 Å². The van der Waals surface area contributed by atoms with E-state index in [-0.39, 0.29) is 5.41 Å². The Morgan fingerprint density at radius 3 is 2.28 bits per heavy atom. The van der Waals surface area contributed by atoms with Gasteiger partial charge in [0.25, 0.3) is 0 Å². The molecule has 0 aliphatic carbocycles. The van der Waals surface area contributed by atoms with E-state index in [1.807, 2.05) is 10.3 Å². The van der Waals surface area contributed by atoms with E-state index in [1.54, 1.807) is 12.1 Å². The highest BCUT2D eigenvalue weighted by Crippen LogP contribution is 2.40. The summed E-state index contributed by atoms with van der Waals surface area (Å²) in [6.07, 6.45) is -1.39. The molecule has 0 amide bonds. The Bertz CT molecular complexity index is 738. The van der Waals surface area contributed by atoms with Crippen LogP contribution in [0.15, 0.2) is 23.6 Å². The fourth-order valence-electron chi connectivity index (χ4n) is 3.08. The molecule has 2 nitrogen and oxygen atoms in total. The quantitative estimate of drug-likeness (QED) is 0.635. The third-order valence-electron chi connectivity index (χ3n) is 4.44. The Kier molecular flexibility index (Phi) is 4.84. The number of thiazole rings is 1. The summed E-state index contributed by atoms with van der Waals surface area (Å²) in [5, 5.41) is 2.77. The van der Waals surface area contributed by atoms with Crippen LogP contribution in [0.25, 0.3) is 11.3 Å². The number of piperidine rings is 1. The fourth-order valence-corrected chi connectivity index (χ4v) is 4.00. The van der Waals surface area contributed by atoms with E-state index < -0.39 is 11.7 Å². The number of aromatic nitrogens is 1. The van der Waals surface area contributed by atoms with Crippen molar-refractivity contribution < 1.29 is 13.2 Å². The highest BCUT2D eigenvalue weighted by molar-refractivity contribution is 7.10. The molecular weight excluding hydrogens is 345 g/mol. The van der Waals surface area contributed by atoms with Crippen molar-refractivity contribution in [3.63, 3.8) is 0 Å². The summed E-state index contributed by atoms with van der Waals surface area (Å²) >= 11 is 1.49. The number of alkyl halides is 3. The molecule has 3 rings (SSSR count). The molecular formula is C19H23F3N2S. The Morgan fingerprint density at radius 1 is 1.04 bits per heavy atom. The molecule has 0 N–H and O–H groups in total. The van der Waals surface area contributed by atoms with Crippen LogP contribution in [0.5, 0.6) is 0 Å². The van der Waals surface area contributed by atoms with Crippen LogP contribution >= 0.6 is 11.3 Å². The van der Waals surface area contributed by atoms with Crippen LogP contribution in [-0.2, 0) is 11.6 Å². The van der Waals surface area contributed by atoms with Crippen molar-refractivity contribution >= 4 is 17.0 Å². The van der Waals surface area contributed by atoms with Gasteiger partial charge >= 0.3 is 6.18 Å². The first-order valence-electron chi connectivity index (χ1n) is 8.59. The number of halogens is 3. The second-order valence-corrected chi connectivity index (χ2v) is 8.42. The second kappa shape index (κ2) is 6.63. The monoisotopic (exact) mass is 368 g/mol. The van der Waals surface area contributed by atoms with Gasteiger partial charge in [0, 0.05) is 35.1 Å². The van der Waals surface area contributed by atoms with Gasteiger partial charge in [-0.3, -0.25) is 0 Å². The maximum absolute atomic E-state index is 13.6. The van der Waals surface area contributed by atoms with Crippen LogP contribution in [-0.4, -0.2) is 18.1 Å². The van der Waals surface area contributed by atoms with E-state index in [0.717, 1.165) is 24.3 Å². The van der Waals surface area contributed by atoms with Gasteiger partial charge in [0.05, 0.1) is 16.3 Å². The third kappa shape index (κ3) is 4.00. The molecule has 0 bridgehead atoms. The summed E-state index contributed by atoms with van der Waals surface area (Å²) in [4.78, 5) is 6.41. The first-order valence-corrected chi connectivity index (χ1v) is 9.47. The lowest BCUT2D eigenvalue weighted by atomic mass is 9.98. The molecule has 0 atom stereocenters. The number of rotatable bonds is 2. The standard InChI is InChI=1S/C19H23F3N2S/c1-18(2,3)17-23-15(12-25-17)13-7-8-16(14(11-13)19(20,21)22)24-9-5-4-6-10-24/h7-8,11-12H,4-6,9-10H2,1-3H3. The van der Waals surface area contributed by atoms with Crippen molar-refractivity contribution in [1.82, 2.24) is 4.98 Å². The van der Waals surface area contributed by atoms with Crippen LogP contribution < -0.4 is 4.90 Å². The molecule has 0 saturated carbocycles. The van der Waals surface area contributed by atoms with Gasteiger partial charge < -0.3 is 4.90 Å². The first kappa shape index (κ1) is 18.2. The van der Waals surface area contributed by atoms with E-state index in [0.29, 0.717) is 30.0 Å². The normalized spacial score (nSPS) is 16.3. The number of hydrogen-bond acceptors (Lipinski definition) is 3. The van der Waals surface area contributed by atoms with E-state index in [1.165, 1.54) is 17.4 Å². The van der Waals surface area contributed by atoms with E-state index in [9.17, 15) is 13.2 Å². The van der Waals surface area contributed by atoms with Crippen molar-refractivity contribution in [3.8, 4) is 11.3 Å². The van der Waals surface area contributed by atoms with Gasteiger partial charge in [-0.15, -0.1) is 11.3 Å². The predicted octanol–water partition coefficient (Wildman–Crippen LogP) is 6.12. The molecule has 136 valence electrons. The Labute approximate surface area is 150 Å². The van der Waals surface area contributed by atoms with Crippen LogP contribution in [0.2, 0.25) is 0 Å². The maximum Gasteiger partial charge on any atom is 0.418 e. The van der Waals surface area contributed by atoms with Gasteiger partial charge in [0.15, 0.2) is 0 Å². The highest BCUT2D eigenvalue weighted by atomic mass is 32.1. The minimum absolute atomic E-state index is 0.108. The summed E-state index contributed by atoms with van der Waals surface area (Å²) in [7, 11) is 0. The molecule has 1 aromatic heterocycles. The molecule has 0 radical (unpaired) electrons. The zero-order valence-electron chi connectivity index (χ0n) is 14.8. The van der Waals surface area contributed by atoms with Crippen molar-refractivity contribution in [1.29, 1.82) is 0 Å². The van der Waals surface area contributed by atoms with E-state index >= 15 is 0 Å². The molecule has 1 aliphatic rings. The minimum Gasteiger partial charge on any atom is -0.371 e. The van der Waals surface area contributed by atoms with Crippen molar-refractivity contribution in [3.05, 3.63) is 34.2 Å². The smallest absolute Gasteiger partial charge is 0.371 e. The predicted molar refractivity (Wildman–Crippen MR) is 97.3 cm³/mol. The van der Waals surface area contributed by atoms with Crippen LogP contribution in [0.4, 0.5) is 18.9 Å². The van der Waals surface area contributed by atoms with Gasteiger partial charge in [-0.1, -0.05) is 26.8 Å². The van der Waals surface area contributed by atoms with Gasteiger partial charge in [-0.2, -0.15) is 13.2 Å². The average Bonchev–Trinajstić information content (AvgIpc) is 3.04. The Balaban J connectivity index is 2.01. The largest absolute Gasteiger partial charge is 0.418 e. The molecule has 0 unspecified atom stereocenters. The second-order valence-electron chi connectivity index (χ2n) is 7.57. The molecule has 25 heavy (non-hydrogen) atoms. The SMILES string of the molecule is CC(C)(C)c1nc(-c2ccc(N3CCCCC3)c(C(F)(F)F)c2)cs1. The lowest BCUT2D eigenvalue weighted by Gasteiger charge is -2.31. The zero-order valence-corrected chi connectivity index (χ0v) is 15.6. The van der Waals surface area contributed by atoms with E-state index in [4.69, 9.17) is 0 Å². The van der Waals surface area contributed by atoms with Gasteiger partial charge in [-0.25, -0.2) is 4.98 Å². The Morgan fingerprint density at radius 2 is 1.72 bits per heavy atom. The molecule has 0 spiro atoms.